The standard InChI is InChI=1S/C22H19F3N2O2/c1-14(21(29)27-18-11-9-17(10-12-18)22(23,24)25)26-20(28)13-16-7-4-6-15-5-2-3-8-19(15)16/h2-12,14H,13H2,1H3,(H,26,28)(H,27,29)/t14-/m0/s1. The van der Waals surface area contributed by atoms with Crippen molar-refractivity contribution in [2.75, 3.05) is 5.32 Å². The summed E-state index contributed by atoms with van der Waals surface area (Å²) in [6, 6.07) is 16.6. The Bertz CT molecular complexity index is 1020. The van der Waals surface area contributed by atoms with E-state index in [4.69, 9.17) is 0 Å². The topological polar surface area (TPSA) is 58.2 Å². The lowest BCUT2D eigenvalue weighted by molar-refractivity contribution is -0.137. The lowest BCUT2D eigenvalue weighted by atomic mass is 10.0. The number of hydrogen-bond acceptors (Lipinski definition) is 2. The first-order valence-electron chi connectivity index (χ1n) is 8.98. The molecule has 0 radical (unpaired) electrons. The summed E-state index contributed by atoms with van der Waals surface area (Å²) in [5, 5.41) is 7.10. The average Bonchev–Trinajstić information content (AvgIpc) is 2.68. The largest absolute Gasteiger partial charge is 0.416 e. The molecule has 0 bridgehead atoms. The Hall–Kier alpha value is -3.35. The van der Waals surface area contributed by atoms with E-state index in [9.17, 15) is 22.8 Å². The smallest absolute Gasteiger partial charge is 0.344 e. The van der Waals surface area contributed by atoms with Crippen LogP contribution in [0, 0.1) is 0 Å². The molecule has 2 N–H and O–H groups in total. The van der Waals surface area contributed by atoms with Crippen molar-refractivity contribution in [2.45, 2.75) is 25.6 Å². The molecule has 0 aliphatic heterocycles. The summed E-state index contributed by atoms with van der Waals surface area (Å²) in [6.45, 7) is 1.51. The molecule has 0 aliphatic rings. The first-order chi connectivity index (χ1) is 13.7. The zero-order valence-electron chi connectivity index (χ0n) is 15.6. The molecule has 0 spiro atoms. The molecular weight excluding hydrogens is 381 g/mol. The van der Waals surface area contributed by atoms with Gasteiger partial charge in [0.1, 0.15) is 6.04 Å². The number of benzene rings is 3. The third-order valence-corrected chi connectivity index (χ3v) is 4.48. The van der Waals surface area contributed by atoms with E-state index in [0.717, 1.165) is 28.5 Å². The number of halogens is 3. The van der Waals surface area contributed by atoms with Crippen LogP contribution in [0.4, 0.5) is 18.9 Å². The minimum absolute atomic E-state index is 0.110. The van der Waals surface area contributed by atoms with Crippen molar-refractivity contribution in [3.63, 3.8) is 0 Å². The van der Waals surface area contributed by atoms with Crippen LogP contribution in [0.2, 0.25) is 0 Å². The lowest BCUT2D eigenvalue weighted by Gasteiger charge is -2.15. The Labute approximate surface area is 165 Å². The normalized spacial score (nSPS) is 12.4. The fraction of sp³-hybridized carbons (Fsp3) is 0.182. The fourth-order valence-corrected chi connectivity index (χ4v) is 2.97. The maximum Gasteiger partial charge on any atom is 0.416 e. The predicted octanol–water partition coefficient (Wildman–Crippen LogP) is 4.54. The van der Waals surface area contributed by atoms with Gasteiger partial charge >= 0.3 is 6.18 Å². The van der Waals surface area contributed by atoms with E-state index in [1.165, 1.54) is 19.1 Å². The van der Waals surface area contributed by atoms with Crippen LogP contribution in [-0.4, -0.2) is 17.9 Å². The van der Waals surface area contributed by atoms with Crippen LogP contribution < -0.4 is 10.6 Å². The highest BCUT2D eigenvalue weighted by Crippen LogP contribution is 2.29. The van der Waals surface area contributed by atoms with Gasteiger partial charge < -0.3 is 10.6 Å². The Kier molecular flexibility index (Phi) is 5.87. The van der Waals surface area contributed by atoms with Crippen molar-refractivity contribution in [1.29, 1.82) is 0 Å². The zero-order chi connectivity index (χ0) is 21.0. The minimum Gasteiger partial charge on any atom is -0.344 e. The van der Waals surface area contributed by atoms with Crippen molar-refractivity contribution in [3.8, 4) is 0 Å². The van der Waals surface area contributed by atoms with E-state index in [1.807, 2.05) is 42.5 Å². The van der Waals surface area contributed by atoms with Gasteiger partial charge in [0.25, 0.3) is 0 Å². The predicted molar refractivity (Wildman–Crippen MR) is 105 cm³/mol. The molecule has 2 amide bonds. The molecule has 3 aromatic rings. The van der Waals surface area contributed by atoms with Gasteiger partial charge in [-0.05, 0) is 47.5 Å². The fourth-order valence-electron chi connectivity index (χ4n) is 2.97. The highest BCUT2D eigenvalue weighted by atomic mass is 19.4. The van der Waals surface area contributed by atoms with E-state index in [1.54, 1.807) is 0 Å². The van der Waals surface area contributed by atoms with Gasteiger partial charge in [-0.15, -0.1) is 0 Å². The molecule has 0 fully saturated rings. The number of amides is 2. The lowest BCUT2D eigenvalue weighted by Crippen LogP contribution is -2.42. The molecule has 1 atom stereocenters. The van der Waals surface area contributed by atoms with E-state index >= 15 is 0 Å². The summed E-state index contributed by atoms with van der Waals surface area (Å²) in [7, 11) is 0. The third-order valence-electron chi connectivity index (χ3n) is 4.48. The number of hydrogen-bond donors (Lipinski definition) is 2. The van der Waals surface area contributed by atoms with Gasteiger partial charge in [0.05, 0.1) is 12.0 Å². The van der Waals surface area contributed by atoms with E-state index in [2.05, 4.69) is 10.6 Å². The maximum atomic E-state index is 12.6. The van der Waals surface area contributed by atoms with Gasteiger partial charge in [-0.1, -0.05) is 42.5 Å². The van der Waals surface area contributed by atoms with Crippen molar-refractivity contribution in [2.24, 2.45) is 0 Å². The Morgan fingerprint density at radius 3 is 2.28 bits per heavy atom. The third kappa shape index (κ3) is 5.13. The average molecular weight is 400 g/mol. The molecule has 29 heavy (non-hydrogen) atoms. The SMILES string of the molecule is C[C@H](NC(=O)Cc1cccc2ccccc12)C(=O)Nc1ccc(C(F)(F)F)cc1. The molecule has 0 saturated carbocycles. The molecule has 3 rings (SSSR count). The Morgan fingerprint density at radius 1 is 0.931 bits per heavy atom. The van der Waals surface area contributed by atoms with Gasteiger partial charge in [-0.2, -0.15) is 13.2 Å². The first kappa shape index (κ1) is 20.4. The molecular formula is C22H19F3N2O2. The first-order valence-corrected chi connectivity index (χ1v) is 8.98. The number of rotatable bonds is 5. The molecule has 150 valence electrons. The van der Waals surface area contributed by atoms with Crippen LogP contribution in [0.3, 0.4) is 0 Å². The van der Waals surface area contributed by atoms with Crippen molar-refractivity contribution >= 4 is 28.3 Å². The molecule has 3 aromatic carbocycles. The van der Waals surface area contributed by atoms with Crippen molar-refractivity contribution in [1.82, 2.24) is 5.32 Å². The highest BCUT2D eigenvalue weighted by molar-refractivity contribution is 5.97. The summed E-state index contributed by atoms with van der Waals surface area (Å²) >= 11 is 0. The summed E-state index contributed by atoms with van der Waals surface area (Å²) in [6.07, 6.45) is -4.33. The highest BCUT2D eigenvalue weighted by Gasteiger charge is 2.30. The number of alkyl halides is 3. The van der Waals surface area contributed by atoms with Crippen LogP contribution in [0.5, 0.6) is 0 Å². The van der Waals surface area contributed by atoms with E-state index < -0.39 is 23.7 Å². The van der Waals surface area contributed by atoms with Gasteiger partial charge in [0, 0.05) is 5.69 Å². The van der Waals surface area contributed by atoms with Crippen LogP contribution >= 0.6 is 0 Å². The number of carbonyl (C=O) groups excluding carboxylic acids is 2. The monoisotopic (exact) mass is 400 g/mol. The minimum atomic E-state index is -4.44. The number of nitrogens with one attached hydrogen (secondary N) is 2. The van der Waals surface area contributed by atoms with Crippen LogP contribution in [-0.2, 0) is 22.2 Å². The number of fused-ring (bicyclic) bond motifs is 1. The quantitative estimate of drug-likeness (QED) is 0.660. The second kappa shape index (κ2) is 8.34. The van der Waals surface area contributed by atoms with Gasteiger partial charge in [0.2, 0.25) is 11.8 Å². The zero-order valence-corrected chi connectivity index (χ0v) is 15.6. The second-order valence-electron chi connectivity index (χ2n) is 6.67. The number of carbonyl (C=O) groups is 2. The summed E-state index contributed by atoms with van der Waals surface area (Å²) in [5.74, 6) is -0.840. The van der Waals surface area contributed by atoms with E-state index in [0.29, 0.717) is 0 Å². The van der Waals surface area contributed by atoms with E-state index in [-0.39, 0.29) is 18.0 Å². The summed E-state index contributed by atoms with van der Waals surface area (Å²) in [4.78, 5) is 24.6. The number of anilines is 1. The van der Waals surface area contributed by atoms with Gasteiger partial charge in [-0.25, -0.2) is 0 Å². The van der Waals surface area contributed by atoms with Crippen LogP contribution in [0.25, 0.3) is 10.8 Å². The summed E-state index contributed by atoms with van der Waals surface area (Å²) in [5.41, 5.74) is 0.265. The molecule has 0 aliphatic carbocycles. The molecule has 0 heterocycles. The molecule has 4 nitrogen and oxygen atoms in total. The van der Waals surface area contributed by atoms with Crippen LogP contribution in [0.1, 0.15) is 18.1 Å². The Morgan fingerprint density at radius 2 is 1.59 bits per heavy atom. The van der Waals surface area contributed by atoms with Gasteiger partial charge in [-0.3, -0.25) is 9.59 Å². The van der Waals surface area contributed by atoms with Gasteiger partial charge in [0.15, 0.2) is 0 Å². The van der Waals surface area contributed by atoms with Crippen LogP contribution in [0.15, 0.2) is 66.7 Å². The molecule has 0 aromatic heterocycles. The van der Waals surface area contributed by atoms with Crippen molar-refractivity contribution < 1.29 is 22.8 Å². The molecule has 0 saturated heterocycles. The summed E-state index contributed by atoms with van der Waals surface area (Å²) < 4.78 is 37.8. The molecule has 0 unspecified atom stereocenters. The van der Waals surface area contributed by atoms with Crippen molar-refractivity contribution in [3.05, 3.63) is 77.9 Å². The second-order valence-corrected chi connectivity index (χ2v) is 6.67. The Balaban J connectivity index is 1.59. The maximum absolute atomic E-state index is 12.6. The molecule has 7 heteroatoms.